The first kappa shape index (κ1) is 12.3. The Balaban J connectivity index is 2.23. The fourth-order valence-corrected chi connectivity index (χ4v) is 2.25. The fourth-order valence-electron chi connectivity index (χ4n) is 2.25. The van der Waals surface area contributed by atoms with E-state index in [1.54, 1.807) is 25.4 Å². The van der Waals surface area contributed by atoms with E-state index in [4.69, 9.17) is 0 Å². The van der Waals surface area contributed by atoms with Gasteiger partial charge in [0, 0.05) is 24.2 Å². The molecule has 0 aliphatic carbocycles. The van der Waals surface area contributed by atoms with Crippen LogP contribution in [0.1, 0.15) is 21.5 Å². The molecule has 0 saturated heterocycles. The van der Waals surface area contributed by atoms with Gasteiger partial charge in [-0.25, -0.2) is 4.68 Å². The van der Waals surface area contributed by atoms with Gasteiger partial charge >= 0.3 is 0 Å². The summed E-state index contributed by atoms with van der Waals surface area (Å²) in [5, 5.41) is 14.5. The Morgan fingerprint density at radius 1 is 1.25 bits per heavy atom. The van der Waals surface area contributed by atoms with Crippen molar-refractivity contribution in [1.29, 1.82) is 0 Å². The van der Waals surface area contributed by atoms with Crippen molar-refractivity contribution in [2.75, 3.05) is 0 Å². The van der Waals surface area contributed by atoms with Crippen LogP contribution in [-0.2, 0) is 7.05 Å². The Morgan fingerprint density at radius 3 is 2.75 bits per heavy atom. The van der Waals surface area contributed by atoms with E-state index in [0.717, 1.165) is 16.5 Å². The number of carbonyl (C=O) groups excluding carboxylic acids is 1. The summed E-state index contributed by atoms with van der Waals surface area (Å²) in [4.78, 5) is 16.9. The molecule has 2 aromatic heterocycles. The largest absolute Gasteiger partial charge is 0.493 e. The van der Waals surface area contributed by atoms with E-state index in [-0.39, 0.29) is 17.2 Å². The lowest BCUT2D eigenvalue weighted by molar-refractivity contribution is 0.103. The van der Waals surface area contributed by atoms with Crippen molar-refractivity contribution in [3.63, 3.8) is 0 Å². The Hall–Kier alpha value is -2.69. The summed E-state index contributed by atoms with van der Waals surface area (Å²) in [6.45, 7) is 1.95. The average molecular weight is 267 g/mol. The minimum atomic E-state index is -0.256. The number of ketones is 1. The first-order valence-corrected chi connectivity index (χ1v) is 6.19. The van der Waals surface area contributed by atoms with Gasteiger partial charge in [-0.05, 0) is 18.6 Å². The second-order valence-electron chi connectivity index (χ2n) is 4.66. The zero-order valence-electron chi connectivity index (χ0n) is 11.2. The van der Waals surface area contributed by atoms with Crippen LogP contribution in [-0.4, -0.2) is 25.7 Å². The van der Waals surface area contributed by atoms with Gasteiger partial charge in [-0.1, -0.05) is 18.2 Å². The number of aromatic hydroxyl groups is 1. The van der Waals surface area contributed by atoms with Gasteiger partial charge < -0.3 is 5.11 Å². The highest BCUT2D eigenvalue weighted by Gasteiger charge is 2.19. The number of hydrogen-bond acceptors (Lipinski definition) is 4. The van der Waals surface area contributed by atoms with Crippen LogP contribution < -0.4 is 0 Å². The van der Waals surface area contributed by atoms with Crippen LogP contribution in [0.3, 0.4) is 0 Å². The average Bonchev–Trinajstić information content (AvgIpc) is 2.79. The molecular weight excluding hydrogens is 254 g/mol. The molecule has 2 heterocycles. The van der Waals surface area contributed by atoms with Gasteiger partial charge in [-0.15, -0.1) is 0 Å². The third-order valence-corrected chi connectivity index (χ3v) is 3.37. The predicted octanol–water partition coefficient (Wildman–Crippen LogP) is 2.21. The maximum Gasteiger partial charge on any atom is 0.220 e. The highest BCUT2D eigenvalue weighted by Crippen LogP contribution is 2.25. The van der Waals surface area contributed by atoms with Crippen LogP contribution in [0, 0.1) is 6.92 Å². The first-order valence-electron chi connectivity index (χ1n) is 6.19. The summed E-state index contributed by atoms with van der Waals surface area (Å²) in [7, 11) is 1.58. The minimum absolute atomic E-state index is 0.132. The second kappa shape index (κ2) is 4.45. The molecule has 0 aliphatic rings. The third-order valence-electron chi connectivity index (χ3n) is 3.37. The number of benzene rings is 1. The van der Waals surface area contributed by atoms with Crippen molar-refractivity contribution in [3.8, 4) is 5.88 Å². The minimum Gasteiger partial charge on any atom is -0.493 e. The summed E-state index contributed by atoms with van der Waals surface area (Å²) >= 11 is 0. The number of pyridine rings is 1. The maximum absolute atomic E-state index is 12.6. The zero-order valence-corrected chi connectivity index (χ0v) is 11.2. The number of carbonyl (C=O) groups is 1. The third kappa shape index (κ3) is 1.75. The number of rotatable bonds is 2. The van der Waals surface area contributed by atoms with Gasteiger partial charge in [0.05, 0.1) is 11.7 Å². The molecule has 0 bridgehead atoms. The standard InChI is InChI=1S/C15H13N3O2/c1-9-5-6-11(10-4-3-7-16-13(9)10)14(19)12-8-17-18(2)15(12)20/h3-8,20H,1-2H3. The molecule has 20 heavy (non-hydrogen) atoms. The van der Waals surface area contributed by atoms with Crippen LogP contribution >= 0.6 is 0 Å². The second-order valence-corrected chi connectivity index (χ2v) is 4.66. The van der Waals surface area contributed by atoms with Crippen LogP contribution in [0.4, 0.5) is 0 Å². The highest BCUT2D eigenvalue weighted by atomic mass is 16.3. The number of aryl methyl sites for hydroxylation is 2. The summed E-state index contributed by atoms with van der Waals surface area (Å²) in [6, 6.07) is 7.27. The maximum atomic E-state index is 12.6. The molecule has 0 saturated carbocycles. The lowest BCUT2D eigenvalue weighted by Gasteiger charge is -2.06. The van der Waals surface area contributed by atoms with Crippen molar-refractivity contribution in [1.82, 2.24) is 14.8 Å². The lowest BCUT2D eigenvalue weighted by atomic mass is 9.98. The summed E-state index contributed by atoms with van der Waals surface area (Å²) in [6.07, 6.45) is 3.07. The molecule has 0 radical (unpaired) electrons. The number of aromatic nitrogens is 3. The number of hydrogen-bond donors (Lipinski definition) is 1. The number of nitrogens with zero attached hydrogens (tertiary/aromatic N) is 3. The molecule has 0 amide bonds. The molecule has 0 aliphatic heterocycles. The molecule has 0 atom stereocenters. The van der Waals surface area contributed by atoms with Crippen LogP contribution in [0.15, 0.2) is 36.7 Å². The SMILES string of the molecule is Cc1ccc(C(=O)c2cnn(C)c2O)c2cccnc12. The van der Waals surface area contributed by atoms with Gasteiger partial charge in [-0.2, -0.15) is 5.10 Å². The molecule has 5 nitrogen and oxygen atoms in total. The van der Waals surface area contributed by atoms with E-state index < -0.39 is 0 Å². The van der Waals surface area contributed by atoms with Crippen molar-refractivity contribution >= 4 is 16.7 Å². The topological polar surface area (TPSA) is 68.0 Å². The van der Waals surface area contributed by atoms with Gasteiger partial charge in [0.1, 0.15) is 5.56 Å². The normalized spacial score (nSPS) is 10.9. The van der Waals surface area contributed by atoms with Crippen molar-refractivity contribution in [3.05, 3.63) is 53.3 Å². The zero-order chi connectivity index (χ0) is 14.3. The summed E-state index contributed by atoms with van der Waals surface area (Å²) < 4.78 is 1.27. The van der Waals surface area contributed by atoms with Crippen LogP contribution in [0.2, 0.25) is 0 Å². The van der Waals surface area contributed by atoms with E-state index in [2.05, 4.69) is 10.1 Å². The van der Waals surface area contributed by atoms with Crippen LogP contribution in [0.25, 0.3) is 10.9 Å². The summed E-state index contributed by atoms with van der Waals surface area (Å²) in [5.74, 6) is -0.388. The van der Waals surface area contributed by atoms with Crippen molar-refractivity contribution in [2.45, 2.75) is 6.92 Å². The molecule has 3 aromatic rings. The summed E-state index contributed by atoms with van der Waals surface area (Å²) in [5.41, 5.74) is 2.51. The van der Waals surface area contributed by atoms with E-state index in [0.29, 0.717) is 5.56 Å². The molecule has 0 unspecified atom stereocenters. The van der Waals surface area contributed by atoms with Crippen molar-refractivity contribution in [2.24, 2.45) is 7.05 Å². The van der Waals surface area contributed by atoms with E-state index in [1.165, 1.54) is 10.9 Å². The molecule has 3 rings (SSSR count). The van der Waals surface area contributed by atoms with Crippen LogP contribution in [0.5, 0.6) is 5.88 Å². The smallest absolute Gasteiger partial charge is 0.220 e. The van der Waals surface area contributed by atoms with E-state index in [1.807, 2.05) is 19.1 Å². The molecule has 1 aromatic carbocycles. The predicted molar refractivity (Wildman–Crippen MR) is 74.8 cm³/mol. The monoisotopic (exact) mass is 267 g/mol. The quantitative estimate of drug-likeness (QED) is 0.723. The molecular formula is C15H13N3O2. The fraction of sp³-hybridized carbons (Fsp3) is 0.133. The lowest BCUT2D eigenvalue weighted by Crippen LogP contribution is -2.03. The molecule has 5 heteroatoms. The Kier molecular flexibility index (Phi) is 2.75. The van der Waals surface area contributed by atoms with E-state index in [9.17, 15) is 9.90 Å². The first-order chi connectivity index (χ1) is 9.59. The molecule has 100 valence electrons. The number of fused-ring (bicyclic) bond motifs is 1. The Labute approximate surface area is 115 Å². The Morgan fingerprint density at radius 2 is 2.05 bits per heavy atom. The van der Waals surface area contributed by atoms with Gasteiger partial charge in [0.15, 0.2) is 0 Å². The molecule has 1 N–H and O–H groups in total. The molecule has 0 fully saturated rings. The highest BCUT2D eigenvalue weighted by molar-refractivity contribution is 6.17. The van der Waals surface area contributed by atoms with Gasteiger partial charge in [-0.3, -0.25) is 9.78 Å². The Bertz CT molecular complexity index is 821. The van der Waals surface area contributed by atoms with Gasteiger partial charge in [0.2, 0.25) is 11.7 Å². The van der Waals surface area contributed by atoms with Gasteiger partial charge in [0.25, 0.3) is 0 Å². The van der Waals surface area contributed by atoms with Crippen molar-refractivity contribution < 1.29 is 9.90 Å². The van der Waals surface area contributed by atoms with E-state index >= 15 is 0 Å². The molecule has 0 spiro atoms.